The summed E-state index contributed by atoms with van der Waals surface area (Å²) in [5, 5.41) is 0.465. The van der Waals surface area contributed by atoms with Crippen molar-refractivity contribution in [2.24, 2.45) is 4.99 Å². The number of thiazole rings is 1. The molecular formula is C25H21ClN2O3S. The second kappa shape index (κ2) is 9.51. The molecule has 32 heavy (non-hydrogen) atoms. The van der Waals surface area contributed by atoms with Crippen molar-refractivity contribution in [1.82, 2.24) is 4.57 Å². The minimum absolute atomic E-state index is 0.222. The lowest BCUT2D eigenvalue weighted by molar-refractivity contribution is -0.139. The summed E-state index contributed by atoms with van der Waals surface area (Å²) >= 11 is 7.77. The van der Waals surface area contributed by atoms with E-state index >= 15 is 0 Å². The van der Waals surface area contributed by atoms with Crippen molar-refractivity contribution in [2.45, 2.75) is 19.9 Å². The number of hydrogen-bond donors (Lipinski definition) is 0. The Morgan fingerprint density at radius 3 is 2.62 bits per heavy atom. The summed E-state index contributed by atoms with van der Waals surface area (Å²) in [4.78, 5) is 31.3. The van der Waals surface area contributed by atoms with E-state index in [9.17, 15) is 9.59 Å². The van der Waals surface area contributed by atoms with E-state index in [-0.39, 0.29) is 12.2 Å². The number of halogens is 1. The van der Waals surface area contributed by atoms with Crippen molar-refractivity contribution in [3.8, 4) is 0 Å². The molecule has 2 heterocycles. The molecule has 3 aromatic rings. The second-order valence-corrected chi connectivity index (χ2v) is 8.53. The molecule has 7 heteroatoms. The van der Waals surface area contributed by atoms with Crippen LogP contribution >= 0.6 is 22.9 Å². The SMILES string of the molecule is CCOC(=O)C1=C(C)N=c2s/c(=C\C=C\c3ccccc3)c(=O)n2[C@H]1c1ccccc1Cl. The molecular weight excluding hydrogens is 444 g/mol. The van der Waals surface area contributed by atoms with Crippen molar-refractivity contribution >= 4 is 41.1 Å². The zero-order chi connectivity index (χ0) is 22.7. The summed E-state index contributed by atoms with van der Waals surface area (Å²) in [5.41, 5.74) is 2.29. The number of fused-ring (bicyclic) bond motifs is 1. The number of allylic oxidation sites excluding steroid dienone is 2. The Morgan fingerprint density at radius 1 is 1.19 bits per heavy atom. The largest absolute Gasteiger partial charge is 0.463 e. The van der Waals surface area contributed by atoms with Crippen molar-refractivity contribution in [3.05, 3.63) is 108 Å². The predicted molar refractivity (Wildman–Crippen MR) is 128 cm³/mol. The molecule has 0 radical (unpaired) electrons. The predicted octanol–water partition coefficient (Wildman–Crippen LogP) is 4.12. The molecule has 0 N–H and O–H groups in total. The van der Waals surface area contributed by atoms with E-state index in [2.05, 4.69) is 4.99 Å². The Hall–Kier alpha value is -3.22. The number of benzene rings is 2. The molecule has 1 aromatic heterocycles. The lowest BCUT2D eigenvalue weighted by atomic mass is 9.96. The molecule has 162 valence electrons. The van der Waals surface area contributed by atoms with E-state index in [1.54, 1.807) is 26.0 Å². The monoisotopic (exact) mass is 464 g/mol. The van der Waals surface area contributed by atoms with E-state index in [1.165, 1.54) is 15.9 Å². The second-order valence-electron chi connectivity index (χ2n) is 7.12. The third kappa shape index (κ3) is 4.24. The molecule has 2 aromatic carbocycles. The van der Waals surface area contributed by atoms with Crippen LogP contribution in [-0.4, -0.2) is 17.1 Å². The van der Waals surface area contributed by atoms with Gasteiger partial charge in [-0.25, -0.2) is 9.79 Å². The number of esters is 1. The van der Waals surface area contributed by atoms with E-state index < -0.39 is 12.0 Å². The number of carbonyl (C=O) groups is 1. The van der Waals surface area contributed by atoms with Gasteiger partial charge in [0.15, 0.2) is 4.80 Å². The van der Waals surface area contributed by atoms with E-state index in [1.807, 2.05) is 60.7 Å². The van der Waals surface area contributed by atoms with Gasteiger partial charge in [0.1, 0.15) is 6.04 Å². The summed E-state index contributed by atoms with van der Waals surface area (Å²) in [5.74, 6) is -0.503. The smallest absolute Gasteiger partial charge is 0.338 e. The average Bonchev–Trinajstić information content (AvgIpc) is 3.09. The molecule has 0 fully saturated rings. The molecule has 0 amide bonds. The van der Waals surface area contributed by atoms with E-state index in [0.717, 1.165) is 5.56 Å². The number of rotatable bonds is 5. The van der Waals surface area contributed by atoms with Gasteiger partial charge in [-0.15, -0.1) is 0 Å². The number of aromatic nitrogens is 1. The quantitative estimate of drug-likeness (QED) is 0.534. The summed E-state index contributed by atoms with van der Waals surface area (Å²) < 4.78 is 7.34. The van der Waals surface area contributed by atoms with Crippen LogP contribution in [0.4, 0.5) is 0 Å². The van der Waals surface area contributed by atoms with Crippen LogP contribution < -0.4 is 14.9 Å². The maximum absolute atomic E-state index is 13.4. The zero-order valence-electron chi connectivity index (χ0n) is 17.6. The van der Waals surface area contributed by atoms with Gasteiger partial charge in [-0.3, -0.25) is 9.36 Å². The van der Waals surface area contributed by atoms with Gasteiger partial charge in [0, 0.05) is 5.02 Å². The van der Waals surface area contributed by atoms with Gasteiger partial charge < -0.3 is 4.74 Å². The number of carbonyl (C=O) groups excluding carboxylic acids is 1. The molecule has 0 unspecified atom stereocenters. The fourth-order valence-corrected chi connectivity index (χ4v) is 4.84. The highest BCUT2D eigenvalue weighted by Crippen LogP contribution is 2.34. The normalized spacial score (nSPS) is 16.2. The topological polar surface area (TPSA) is 60.7 Å². The number of hydrogen-bond acceptors (Lipinski definition) is 5. The van der Waals surface area contributed by atoms with E-state index in [4.69, 9.17) is 16.3 Å². The summed E-state index contributed by atoms with van der Waals surface area (Å²) in [7, 11) is 0. The molecule has 1 aliphatic rings. The van der Waals surface area contributed by atoms with Crippen LogP contribution in [0.5, 0.6) is 0 Å². The summed E-state index contributed by atoms with van der Waals surface area (Å²) in [6.07, 6.45) is 5.54. The van der Waals surface area contributed by atoms with Crippen LogP contribution in [0.1, 0.15) is 31.0 Å². The van der Waals surface area contributed by atoms with E-state index in [0.29, 0.717) is 31.2 Å². The number of nitrogens with zero attached hydrogens (tertiary/aromatic N) is 2. The first kappa shape index (κ1) is 22.0. The highest BCUT2D eigenvalue weighted by atomic mass is 35.5. The standard InChI is InChI=1S/C25H21ClN2O3S/c1-3-31-24(30)21-16(2)27-25-28(22(21)18-13-7-8-14-19(18)26)23(29)20(32-25)15-9-12-17-10-5-4-6-11-17/h4-15,22H,3H2,1-2H3/b12-9+,20-15-/t22-/m0/s1. The maximum Gasteiger partial charge on any atom is 0.338 e. The molecule has 0 saturated heterocycles. The molecule has 0 aliphatic carbocycles. The summed E-state index contributed by atoms with van der Waals surface area (Å²) in [6, 6.07) is 16.3. The first-order valence-electron chi connectivity index (χ1n) is 10.2. The van der Waals surface area contributed by atoms with Gasteiger partial charge in [0.2, 0.25) is 0 Å². The van der Waals surface area contributed by atoms with Crippen LogP contribution in [0.2, 0.25) is 5.02 Å². The third-order valence-electron chi connectivity index (χ3n) is 5.05. The lowest BCUT2D eigenvalue weighted by Crippen LogP contribution is -2.40. The highest BCUT2D eigenvalue weighted by molar-refractivity contribution is 7.07. The Balaban J connectivity index is 1.88. The minimum Gasteiger partial charge on any atom is -0.463 e. The molecule has 0 saturated carbocycles. The average molecular weight is 465 g/mol. The van der Waals surface area contributed by atoms with Gasteiger partial charge in [0.25, 0.3) is 5.56 Å². The van der Waals surface area contributed by atoms with Crippen molar-refractivity contribution in [3.63, 3.8) is 0 Å². The Labute approximate surface area is 194 Å². The van der Waals surface area contributed by atoms with Crippen LogP contribution in [0.3, 0.4) is 0 Å². The Kier molecular flexibility index (Phi) is 6.53. The van der Waals surface area contributed by atoms with Crippen LogP contribution in [0.25, 0.3) is 12.2 Å². The van der Waals surface area contributed by atoms with Gasteiger partial charge in [-0.05, 0) is 37.1 Å². The van der Waals surface area contributed by atoms with Crippen molar-refractivity contribution < 1.29 is 9.53 Å². The minimum atomic E-state index is -0.709. The molecule has 4 rings (SSSR count). The first-order valence-corrected chi connectivity index (χ1v) is 11.4. The van der Waals surface area contributed by atoms with Crippen LogP contribution in [0.15, 0.2) is 81.7 Å². The van der Waals surface area contributed by atoms with Gasteiger partial charge >= 0.3 is 5.97 Å². The molecule has 0 bridgehead atoms. The summed E-state index contributed by atoms with van der Waals surface area (Å²) in [6.45, 7) is 3.72. The molecule has 5 nitrogen and oxygen atoms in total. The fourth-order valence-electron chi connectivity index (χ4n) is 3.61. The fraction of sp³-hybridized carbons (Fsp3) is 0.160. The van der Waals surface area contributed by atoms with Gasteiger partial charge in [-0.2, -0.15) is 0 Å². The molecule has 0 spiro atoms. The number of ether oxygens (including phenoxy) is 1. The van der Waals surface area contributed by atoms with Gasteiger partial charge in [0.05, 0.1) is 22.4 Å². The lowest BCUT2D eigenvalue weighted by Gasteiger charge is -2.25. The van der Waals surface area contributed by atoms with Crippen molar-refractivity contribution in [1.29, 1.82) is 0 Å². The molecule has 1 aliphatic heterocycles. The van der Waals surface area contributed by atoms with Gasteiger partial charge in [-0.1, -0.05) is 83.6 Å². The first-order chi connectivity index (χ1) is 15.5. The highest BCUT2D eigenvalue weighted by Gasteiger charge is 2.34. The van der Waals surface area contributed by atoms with Crippen molar-refractivity contribution in [2.75, 3.05) is 6.61 Å². The molecule has 1 atom stereocenters. The van der Waals surface area contributed by atoms with Crippen LogP contribution in [-0.2, 0) is 9.53 Å². The Morgan fingerprint density at radius 2 is 1.91 bits per heavy atom. The third-order valence-corrected chi connectivity index (χ3v) is 6.40. The Bertz CT molecular complexity index is 1400. The zero-order valence-corrected chi connectivity index (χ0v) is 19.2. The maximum atomic E-state index is 13.4. The van der Waals surface area contributed by atoms with Crippen LogP contribution in [0, 0.1) is 0 Å².